The fourth-order valence-electron chi connectivity index (χ4n) is 1.60. The van der Waals surface area contributed by atoms with Crippen molar-refractivity contribution in [3.63, 3.8) is 0 Å². The van der Waals surface area contributed by atoms with E-state index >= 15 is 0 Å². The Kier molecular flexibility index (Phi) is 2.95. The highest BCUT2D eigenvalue weighted by Crippen LogP contribution is 2.23. The molecule has 2 aromatic heterocycles. The van der Waals surface area contributed by atoms with Crippen LogP contribution >= 0.6 is 0 Å². The molecule has 90 valence electrons. The molecule has 0 aliphatic rings. The number of aromatic amines is 1. The van der Waals surface area contributed by atoms with Gasteiger partial charge < -0.3 is 10.3 Å². The van der Waals surface area contributed by atoms with Crippen molar-refractivity contribution in [2.75, 3.05) is 5.32 Å². The molecule has 0 aliphatic heterocycles. The molecule has 0 amide bonds. The van der Waals surface area contributed by atoms with Crippen LogP contribution in [-0.2, 0) is 7.05 Å². The van der Waals surface area contributed by atoms with Crippen LogP contribution in [0.25, 0.3) is 0 Å². The highest BCUT2D eigenvalue weighted by atomic mass is 16.1. The predicted molar refractivity (Wildman–Crippen MR) is 65.4 cm³/mol. The van der Waals surface area contributed by atoms with Gasteiger partial charge in [-0.15, -0.1) is 0 Å². The van der Waals surface area contributed by atoms with Gasteiger partial charge in [0.2, 0.25) is 0 Å². The Hall–Kier alpha value is -2.11. The number of aryl methyl sites for hydroxylation is 1. The molecule has 2 heterocycles. The van der Waals surface area contributed by atoms with Gasteiger partial charge in [0.05, 0.1) is 11.4 Å². The number of rotatable bonds is 3. The Balaban J connectivity index is 2.36. The molecule has 0 fully saturated rings. The first-order chi connectivity index (χ1) is 8.08. The van der Waals surface area contributed by atoms with Gasteiger partial charge in [0.25, 0.3) is 5.56 Å². The number of H-pyrrole nitrogens is 1. The van der Waals surface area contributed by atoms with Crippen LogP contribution in [-0.4, -0.2) is 19.7 Å². The van der Waals surface area contributed by atoms with Gasteiger partial charge in [-0.1, -0.05) is 13.8 Å². The van der Waals surface area contributed by atoms with Gasteiger partial charge in [0.1, 0.15) is 0 Å². The fourth-order valence-corrected chi connectivity index (χ4v) is 1.60. The van der Waals surface area contributed by atoms with Crippen molar-refractivity contribution in [2.45, 2.75) is 19.8 Å². The van der Waals surface area contributed by atoms with E-state index < -0.39 is 0 Å². The molecule has 0 bridgehead atoms. The van der Waals surface area contributed by atoms with Gasteiger partial charge in [-0.3, -0.25) is 9.48 Å². The number of anilines is 2. The Morgan fingerprint density at radius 3 is 2.88 bits per heavy atom. The number of nitrogens with one attached hydrogen (secondary N) is 2. The zero-order valence-electron chi connectivity index (χ0n) is 10.1. The van der Waals surface area contributed by atoms with Gasteiger partial charge in [-0.25, -0.2) is 4.98 Å². The molecule has 0 aromatic carbocycles. The van der Waals surface area contributed by atoms with Gasteiger partial charge in [0.15, 0.2) is 5.82 Å². The van der Waals surface area contributed by atoms with Crippen molar-refractivity contribution in [1.82, 2.24) is 19.7 Å². The maximum absolute atomic E-state index is 11.5. The van der Waals surface area contributed by atoms with Crippen LogP contribution in [0.1, 0.15) is 25.5 Å². The molecule has 2 N–H and O–H groups in total. The fraction of sp³-hybridized carbons (Fsp3) is 0.364. The van der Waals surface area contributed by atoms with Crippen molar-refractivity contribution < 1.29 is 0 Å². The summed E-state index contributed by atoms with van der Waals surface area (Å²) in [5.41, 5.74) is 1.48. The van der Waals surface area contributed by atoms with E-state index in [1.54, 1.807) is 4.68 Å². The Morgan fingerprint density at radius 2 is 2.24 bits per heavy atom. The summed E-state index contributed by atoms with van der Waals surface area (Å²) < 4.78 is 1.72. The van der Waals surface area contributed by atoms with Gasteiger partial charge >= 0.3 is 0 Å². The van der Waals surface area contributed by atoms with E-state index in [1.807, 2.05) is 13.2 Å². The summed E-state index contributed by atoms with van der Waals surface area (Å²) in [7, 11) is 1.85. The van der Waals surface area contributed by atoms with Crippen LogP contribution in [0.2, 0.25) is 0 Å². The topological polar surface area (TPSA) is 75.6 Å². The number of nitrogens with zero attached hydrogens (tertiary/aromatic N) is 3. The maximum atomic E-state index is 11.5. The average Bonchev–Trinajstić information content (AvgIpc) is 2.63. The zero-order valence-corrected chi connectivity index (χ0v) is 10.1. The molecule has 0 radical (unpaired) electrons. The van der Waals surface area contributed by atoms with Gasteiger partial charge in [-0.2, -0.15) is 5.10 Å². The van der Waals surface area contributed by atoms with E-state index in [0.29, 0.717) is 0 Å². The Morgan fingerprint density at radius 1 is 1.47 bits per heavy atom. The minimum atomic E-state index is -0.244. The summed E-state index contributed by atoms with van der Waals surface area (Å²) in [6, 6.07) is 0. The summed E-state index contributed by atoms with van der Waals surface area (Å²) in [5.74, 6) is 0.559. The van der Waals surface area contributed by atoms with E-state index in [1.165, 1.54) is 12.4 Å². The minimum Gasteiger partial charge on any atom is -0.333 e. The molecule has 17 heavy (non-hydrogen) atoms. The standard InChI is InChI=1S/C11H15N5O/c1-7(2)9-8(6-16(3)15-9)14-10-11(17)13-5-4-12-10/h4-7H,1-3H3,(H,12,14)(H,13,17). The van der Waals surface area contributed by atoms with Crippen LogP contribution in [0.15, 0.2) is 23.4 Å². The van der Waals surface area contributed by atoms with Crippen molar-refractivity contribution in [1.29, 1.82) is 0 Å². The Bertz CT molecular complexity index is 569. The summed E-state index contributed by atoms with van der Waals surface area (Å²) in [4.78, 5) is 18.1. The van der Waals surface area contributed by atoms with Crippen molar-refractivity contribution in [3.05, 3.63) is 34.6 Å². The van der Waals surface area contributed by atoms with Crippen LogP contribution in [0.4, 0.5) is 11.5 Å². The second-order valence-corrected chi connectivity index (χ2v) is 4.15. The highest BCUT2D eigenvalue weighted by Gasteiger charge is 2.12. The maximum Gasteiger partial charge on any atom is 0.291 e. The monoisotopic (exact) mass is 233 g/mol. The van der Waals surface area contributed by atoms with E-state index in [-0.39, 0.29) is 17.3 Å². The molecule has 0 saturated carbocycles. The SMILES string of the molecule is CC(C)c1nn(C)cc1Nc1ncc[nH]c1=O. The lowest BCUT2D eigenvalue weighted by molar-refractivity contribution is 0.713. The third-order valence-corrected chi connectivity index (χ3v) is 2.36. The zero-order chi connectivity index (χ0) is 12.4. The normalized spacial score (nSPS) is 10.8. The molecule has 0 aliphatic carbocycles. The molecule has 0 atom stereocenters. The molecule has 0 unspecified atom stereocenters. The largest absolute Gasteiger partial charge is 0.333 e. The van der Waals surface area contributed by atoms with E-state index in [2.05, 4.69) is 34.2 Å². The first-order valence-electron chi connectivity index (χ1n) is 5.42. The van der Waals surface area contributed by atoms with Crippen molar-refractivity contribution in [2.24, 2.45) is 7.05 Å². The number of aromatic nitrogens is 4. The number of hydrogen-bond acceptors (Lipinski definition) is 4. The predicted octanol–water partition coefficient (Wildman–Crippen LogP) is 1.37. The third kappa shape index (κ3) is 2.35. The first kappa shape index (κ1) is 11.4. The minimum absolute atomic E-state index is 0.244. The molecule has 2 aromatic rings. The second-order valence-electron chi connectivity index (χ2n) is 4.15. The van der Waals surface area contributed by atoms with Crippen LogP contribution in [0.5, 0.6) is 0 Å². The summed E-state index contributed by atoms with van der Waals surface area (Å²) >= 11 is 0. The summed E-state index contributed by atoms with van der Waals surface area (Å²) in [5, 5.41) is 7.35. The summed E-state index contributed by atoms with van der Waals surface area (Å²) in [6.45, 7) is 4.10. The van der Waals surface area contributed by atoms with Crippen molar-refractivity contribution in [3.8, 4) is 0 Å². The smallest absolute Gasteiger partial charge is 0.291 e. The first-order valence-corrected chi connectivity index (χ1v) is 5.42. The highest BCUT2D eigenvalue weighted by molar-refractivity contribution is 5.57. The Labute approximate surface area is 98.7 Å². The quantitative estimate of drug-likeness (QED) is 0.839. The summed E-state index contributed by atoms with van der Waals surface area (Å²) in [6.07, 6.45) is 4.87. The molecular weight excluding hydrogens is 218 g/mol. The molecule has 0 spiro atoms. The lowest BCUT2D eigenvalue weighted by Gasteiger charge is -2.06. The lowest BCUT2D eigenvalue weighted by atomic mass is 10.1. The van der Waals surface area contributed by atoms with E-state index in [4.69, 9.17) is 0 Å². The molecule has 6 nitrogen and oxygen atoms in total. The lowest BCUT2D eigenvalue weighted by Crippen LogP contribution is -2.12. The van der Waals surface area contributed by atoms with Crippen LogP contribution < -0.4 is 10.9 Å². The van der Waals surface area contributed by atoms with E-state index in [9.17, 15) is 4.79 Å². The molecular formula is C11H15N5O. The van der Waals surface area contributed by atoms with Crippen molar-refractivity contribution >= 4 is 11.5 Å². The average molecular weight is 233 g/mol. The van der Waals surface area contributed by atoms with Gasteiger partial charge in [0, 0.05) is 25.6 Å². The number of hydrogen-bond donors (Lipinski definition) is 2. The molecule has 0 saturated heterocycles. The van der Waals surface area contributed by atoms with Gasteiger partial charge in [-0.05, 0) is 5.92 Å². The molecule has 2 rings (SSSR count). The third-order valence-electron chi connectivity index (χ3n) is 2.36. The molecule has 6 heteroatoms. The van der Waals surface area contributed by atoms with Crippen LogP contribution in [0, 0.1) is 0 Å². The second kappa shape index (κ2) is 4.40. The van der Waals surface area contributed by atoms with Crippen LogP contribution in [0.3, 0.4) is 0 Å². The van der Waals surface area contributed by atoms with E-state index in [0.717, 1.165) is 11.4 Å².